The van der Waals surface area contributed by atoms with Crippen molar-refractivity contribution >= 4 is 56.8 Å². The second kappa shape index (κ2) is 11.1. The summed E-state index contributed by atoms with van der Waals surface area (Å²) in [6.07, 6.45) is -0.372. The van der Waals surface area contributed by atoms with Gasteiger partial charge in [-0.1, -0.05) is 11.6 Å². The molecule has 0 aliphatic carbocycles. The monoisotopic (exact) mass is 602 g/mol. The molecule has 3 amide bonds. The molecular weight excluding hydrogens is 582 g/mol. The first-order chi connectivity index (χ1) is 19.8. The number of halogens is 3. The third-order valence-electron chi connectivity index (χ3n) is 6.61. The minimum atomic E-state index is -1.07. The number of fused-ring (bicyclic) bond motifs is 2. The van der Waals surface area contributed by atoms with Gasteiger partial charge in [-0.2, -0.15) is 4.37 Å². The number of nitrogens with one attached hydrogen (secondary N) is 3. The molecule has 212 valence electrons. The van der Waals surface area contributed by atoms with Crippen molar-refractivity contribution in [3.05, 3.63) is 75.8 Å². The number of rotatable bonds is 6. The smallest absolute Gasteiger partial charge is 0.287 e. The highest BCUT2D eigenvalue weighted by molar-refractivity contribution is 7.13. The maximum absolute atomic E-state index is 14.3. The van der Waals surface area contributed by atoms with Gasteiger partial charge in [-0.3, -0.25) is 14.4 Å². The van der Waals surface area contributed by atoms with Crippen molar-refractivity contribution in [2.75, 3.05) is 31.7 Å². The first-order valence-corrected chi connectivity index (χ1v) is 13.6. The van der Waals surface area contributed by atoms with Gasteiger partial charge in [-0.05, 0) is 47.9 Å². The van der Waals surface area contributed by atoms with Crippen LogP contribution in [0.5, 0.6) is 0 Å². The standard InChI is InChI=1S/C26H21ClF2N6O5S/c27-17-3-1-12(28)7-15(17)20-22-23(33-25(37)21-16-8-13(29)2-4-18(16)41-34-21)32-24(35(22)10-19(36)31-20)26(38)30-9-14-11-39-5-6-40-14/h1-4,7-8,14,20H,5-6,9-11H2,(H,30,38)(H,31,36)(H,33,37). The molecule has 4 aromatic rings. The molecular formula is C26H21ClF2N6O5S. The third kappa shape index (κ3) is 5.38. The Morgan fingerprint density at radius 2 is 1.95 bits per heavy atom. The van der Waals surface area contributed by atoms with Crippen LogP contribution in [0.25, 0.3) is 10.1 Å². The molecule has 4 heterocycles. The lowest BCUT2D eigenvalue weighted by atomic mass is 10.0. The van der Waals surface area contributed by atoms with Crippen molar-refractivity contribution < 1.29 is 32.6 Å². The molecule has 0 bridgehead atoms. The fraction of sp³-hybridized carbons (Fsp3) is 0.269. The van der Waals surface area contributed by atoms with Gasteiger partial charge in [0.25, 0.3) is 11.8 Å². The van der Waals surface area contributed by atoms with Gasteiger partial charge in [0.1, 0.15) is 23.9 Å². The van der Waals surface area contributed by atoms with E-state index in [0.29, 0.717) is 29.9 Å². The molecule has 6 rings (SSSR count). The third-order valence-corrected chi connectivity index (χ3v) is 7.78. The zero-order chi connectivity index (χ0) is 28.7. The van der Waals surface area contributed by atoms with E-state index in [-0.39, 0.29) is 52.8 Å². The van der Waals surface area contributed by atoms with Crippen LogP contribution in [0.2, 0.25) is 5.02 Å². The maximum Gasteiger partial charge on any atom is 0.287 e. The Balaban J connectivity index is 1.40. The lowest BCUT2D eigenvalue weighted by Crippen LogP contribution is -2.43. The molecule has 2 aromatic heterocycles. The molecule has 41 heavy (non-hydrogen) atoms. The number of anilines is 1. The normalized spacial score (nSPS) is 18.6. The molecule has 15 heteroatoms. The molecule has 0 saturated carbocycles. The largest absolute Gasteiger partial charge is 0.376 e. The first kappa shape index (κ1) is 27.2. The van der Waals surface area contributed by atoms with Crippen LogP contribution < -0.4 is 16.0 Å². The summed E-state index contributed by atoms with van der Waals surface area (Å²) in [5.74, 6) is -3.25. The molecule has 2 aromatic carbocycles. The zero-order valence-electron chi connectivity index (χ0n) is 21.1. The van der Waals surface area contributed by atoms with Crippen molar-refractivity contribution in [3.8, 4) is 0 Å². The summed E-state index contributed by atoms with van der Waals surface area (Å²) < 4.78 is 45.2. The van der Waals surface area contributed by atoms with Gasteiger partial charge >= 0.3 is 0 Å². The predicted molar refractivity (Wildman–Crippen MR) is 144 cm³/mol. The lowest BCUT2D eigenvalue weighted by molar-refractivity contribution is -0.123. The minimum absolute atomic E-state index is 0.0492. The van der Waals surface area contributed by atoms with Gasteiger partial charge in [0.05, 0.1) is 42.4 Å². The van der Waals surface area contributed by atoms with Crippen LogP contribution in [0, 0.1) is 11.6 Å². The maximum atomic E-state index is 14.3. The van der Waals surface area contributed by atoms with Crippen molar-refractivity contribution in [3.63, 3.8) is 0 Å². The number of hydrogen-bond donors (Lipinski definition) is 3. The van der Waals surface area contributed by atoms with E-state index in [4.69, 9.17) is 21.1 Å². The van der Waals surface area contributed by atoms with E-state index < -0.39 is 35.4 Å². The van der Waals surface area contributed by atoms with Gasteiger partial charge in [0, 0.05) is 22.5 Å². The molecule has 0 spiro atoms. The second-order valence-corrected chi connectivity index (χ2v) is 10.5. The van der Waals surface area contributed by atoms with Crippen LogP contribution in [0.3, 0.4) is 0 Å². The van der Waals surface area contributed by atoms with E-state index in [2.05, 4.69) is 25.3 Å². The average molecular weight is 603 g/mol. The number of hydrogen-bond acceptors (Lipinski definition) is 8. The SMILES string of the molecule is O=C1Cn2c(C(=O)NCC3COCCO3)nc(NC(=O)c3nsc4ccc(F)cc34)c2C(c2cc(F)ccc2Cl)N1. The topological polar surface area (TPSA) is 136 Å². The Hall–Kier alpha value is -3.98. The molecule has 2 aliphatic rings. The van der Waals surface area contributed by atoms with E-state index >= 15 is 0 Å². The number of nitrogens with zero attached hydrogens (tertiary/aromatic N) is 3. The summed E-state index contributed by atoms with van der Waals surface area (Å²) in [6.45, 7) is 0.955. The van der Waals surface area contributed by atoms with Crippen LogP contribution >= 0.6 is 23.1 Å². The highest BCUT2D eigenvalue weighted by Crippen LogP contribution is 2.36. The first-order valence-electron chi connectivity index (χ1n) is 12.5. The van der Waals surface area contributed by atoms with Crippen LogP contribution in [0.4, 0.5) is 14.6 Å². The molecule has 11 nitrogen and oxygen atoms in total. The van der Waals surface area contributed by atoms with Gasteiger partial charge < -0.3 is 30.0 Å². The average Bonchev–Trinajstić information content (AvgIpc) is 3.54. The molecule has 0 radical (unpaired) electrons. The van der Waals surface area contributed by atoms with E-state index in [9.17, 15) is 23.2 Å². The molecule has 2 unspecified atom stereocenters. The summed E-state index contributed by atoms with van der Waals surface area (Å²) in [5, 5.41) is 8.56. The van der Waals surface area contributed by atoms with E-state index in [1.54, 1.807) is 0 Å². The highest BCUT2D eigenvalue weighted by Gasteiger charge is 2.36. The van der Waals surface area contributed by atoms with E-state index in [1.807, 2.05) is 0 Å². The Kier molecular flexibility index (Phi) is 7.38. The molecule has 2 atom stereocenters. The van der Waals surface area contributed by atoms with Crippen LogP contribution in [-0.4, -0.2) is 64.1 Å². The van der Waals surface area contributed by atoms with Crippen molar-refractivity contribution in [2.45, 2.75) is 18.7 Å². The number of imidazole rings is 1. The van der Waals surface area contributed by atoms with Crippen LogP contribution in [-0.2, 0) is 20.8 Å². The van der Waals surface area contributed by atoms with Crippen molar-refractivity contribution in [1.82, 2.24) is 24.6 Å². The number of benzene rings is 2. The van der Waals surface area contributed by atoms with Crippen LogP contribution in [0.15, 0.2) is 36.4 Å². The Morgan fingerprint density at radius 1 is 1.15 bits per heavy atom. The van der Waals surface area contributed by atoms with E-state index in [1.165, 1.54) is 34.9 Å². The summed E-state index contributed by atoms with van der Waals surface area (Å²) in [6, 6.07) is 6.56. The minimum Gasteiger partial charge on any atom is -0.376 e. The summed E-state index contributed by atoms with van der Waals surface area (Å²) in [5.41, 5.74) is 0.336. The highest BCUT2D eigenvalue weighted by atomic mass is 35.5. The van der Waals surface area contributed by atoms with Crippen LogP contribution in [0.1, 0.15) is 38.4 Å². The lowest BCUT2D eigenvalue weighted by Gasteiger charge is -2.28. The summed E-state index contributed by atoms with van der Waals surface area (Å²) >= 11 is 7.40. The number of carbonyl (C=O) groups is 3. The molecule has 2 aliphatic heterocycles. The summed E-state index contributed by atoms with van der Waals surface area (Å²) in [7, 11) is 0. The summed E-state index contributed by atoms with van der Waals surface area (Å²) in [4.78, 5) is 43.9. The number of amides is 3. The second-order valence-electron chi connectivity index (χ2n) is 9.33. The fourth-order valence-corrected chi connectivity index (χ4v) is 5.72. The number of aromatic nitrogens is 3. The Labute approximate surface area is 240 Å². The molecule has 1 fully saturated rings. The van der Waals surface area contributed by atoms with Gasteiger partial charge in [-0.15, -0.1) is 0 Å². The van der Waals surface area contributed by atoms with Crippen molar-refractivity contribution in [2.24, 2.45) is 0 Å². The molecule has 3 N–H and O–H groups in total. The fourth-order valence-electron chi connectivity index (χ4n) is 4.74. The Morgan fingerprint density at radius 3 is 2.76 bits per heavy atom. The van der Waals surface area contributed by atoms with Gasteiger partial charge in [0.15, 0.2) is 5.82 Å². The Bertz CT molecular complexity index is 1690. The van der Waals surface area contributed by atoms with Gasteiger partial charge in [-0.25, -0.2) is 13.8 Å². The molecule has 1 saturated heterocycles. The predicted octanol–water partition coefficient (Wildman–Crippen LogP) is 3.04. The number of ether oxygens (including phenoxy) is 2. The zero-order valence-corrected chi connectivity index (χ0v) is 22.7. The van der Waals surface area contributed by atoms with E-state index in [0.717, 1.165) is 17.6 Å². The van der Waals surface area contributed by atoms with Gasteiger partial charge in [0.2, 0.25) is 11.7 Å². The number of carbonyl (C=O) groups excluding carboxylic acids is 3. The quantitative estimate of drug-likeness (QED) is 0.309. The van der Waals surface area contributed by atoms with Crippen molar-refractivity contribution in [1.29, 1.82) is 0 Å².